The number of hydrogen-bond acceptors (Lipinski definition) is 4. The molecule has 1 aliphatic rings. The number of amides is 1. The van der Waals surface area contributed by atoms with Crippen LogP contribution >= 0.6 is 15.9 Å². The number of aryl methyl sites for hydroxylation is 1. The molecule has 1 N–H and O–H groups in total. The first-order valence-electron chi connectivity index (χ1n) is 9.75. The van der Waals surface area contributed by atoms with Crippen LogP contribution in [-0.2, 0) is 4.79 Å². The lowest BCUT2D eigenvalue weighted by atomic mass is 10.00. The summed E-state index contributed by atoms with van der Waals surface area (Å²) in [6, 6.07) is 1.98. The van der Waals surface area contributed by atoms with E-state index in [1.54, 1.807) is 14.1 Å². The normalized spacial score (nSPS) is 15.3. The van der Waals surface area contributed by atoms with Crippen LogP contribution in [0.2, 0.25) is 0 Å². The highest BCUT2D eigenvalue weighted by Gasteiger charge is 2.14. The number of carbonyl (C=O) groups excluding carboxylic acids is 1. The van der Waals surface area contributed by atoms with Gasteiger partial charge >= 0.3 is 0 Å². The van der Waals surface area contributed by atoms with Crippen molar-refractivity contribution in [1.29, 1.82) is 5.41 Å². The van der Waals surface area contributed by atoms with Crippen LogP contribution in [0.15, 0.2) is 34.0 Å². The Balaban J connectivity index is 1.81. The monoisotopic (exact) mass is 446 g/mol. The third-order valence-corrected chi connectivity index (χ3v) is 5.67. The molecule has 0 bridgehead atoms. The van der Waals surface area contributed by atoms with Crippen molar-refractivity contribution in [3.8, 4) is 0 Å². The first kappa shape index (κ1) is 22.5. The van der Waals surface area contributed by atoms with Crippen molar-refractivity contribution in [2.45, 2.75) is 39.5 Å². The number of rotatable bonds is 8. The third-order valence-electron chi connectivity index (χ3n) is 4.98. The summed E-state index contributed by atoms with van der Waals surface area (Å²) in [5.41, 5.74) is 5.18. The summed E-state index contributed by atoms with van der Waals surface area (Å²) in [5, 5.41) is 7.84. The van der Waals surface area contributed by atoms with Gasteiger partial charge in [0.05, 0.1) is 5.71 Å². The second kappa shape index (κ2) is 10.7. The number of nitrogens with zero attached hydrogens (tertiary/aromatic N) is 3. The number of carbonyl (C=O) groups is 1. The zero-order valence-corrected chi connectivity index (χ0v) is 19.0. The molecule has 5 nitrogen and oxygen atoms in total. The van der Waals surface area contributed by atoms with Crippen LogP contribution in [0, 0.1) is 12.3 Å². The Bertz CT molecular complexity index is 762. The molecule has 0 atom stereocenters. The lowest BCUT2D eigenvalue weighted by Gasteiger charge is -2.26. The van der Waals surface area contributed by atoms with E-state index in [1.165, 1.54) is 16.0 Å². The van der Waals surface area contributed by atoms with Crippen molar-refractivity contribution < 1.29 is 4.79 Å². The minimum atomic E-state index is -0.179. The van der Waals surface area contributed by atoms with Crippen LogP contribution in [0.3, 0.4) is 0 Å². The summed E-state index contributed by atoms with van der Waals surface area (Å²) in [5.74, 6) is -0.179. The van der Waals surface area contributed by atoms with Crippen molar-refractivity contribution in [3.63, 3.8) is 0 Å². The smallest absolute Gasteiger partial charge is 0.266 e. The zero-order chi connectivity index (χ0) is 20.7. The zero-order valence-electron chi connectivity index (χ0n) is 17.4. The Kier molecular flexibility index (Phi) is 8.58. The van der Waals surface area contributed by atoms with Gasteiger partial charge < -0.3 is 4.90 Å². The van der Waals surface area contributed by atoms with Gasteiger partial charge in [-0.15, -0.1) is 0 Å². The average Bonchev–Trinajstić information content (AvgIpc) is 2.65. The number of hydrogen-bond donors (Lipinski definition) is 1. The van der Waals surface area contributed by atoms with E-state index in [-0.39, 0.29) is 11.6 Å². The molecule has 0 fully saturated rings. The highest BCUT2D eigenvalue weighted by molar-refractivity contribution is 9.10. The van der Waals surface area contributed by atoms with E-state index in [0.29, 0.717) is 6.42 Å². The third kappa shape index (κ3) is 6.67. The Morgan fingerprint density at radius 3 is 2.79 bits per heavy atom. The van der Waals surface area contributed by atoms with Gasteiger partial charge in [-0.2, -0.15) is 0 Å². The van der Waals surface area contributed by atoms with Gasteiger partial charge in [-0.1, -0.05) is 39.2 Å². The highest BCUT2D eigenvalue weighted by Crippen LogP contribution is 2.22. The molecule has 152 valence electrons. The standard InChI is InChI=1S/C22H31BrN4O/c1-16(14-19-17(2)25-11-8-20(19)23)15-27-12-9-18(10-13-27)6-5-7-21(24)22(28)26(3)4/h8-9,11,14,24H,5-7,10,12-13,15H2,1-4H3/b16-14+,24-21?. The molecule has 0 saturated carbocycles. The van der Waals surface area contributed by atoms with Crippen LogP contribution in [0.4, 0.5) is 0 Å². The van der Waals surface area contributed by atoms with Gasteiger partial charge in [0.25, 0.3) is 5.91 Å². The van der Waals surface area contributed by atoms with E-state index in [1.807, 2.05) is 19.2 Å². The van der Waals surface area contributed by atoms with Crippen molar-refractivity contribution in [3.05, 3.63) is 45.2 Å². The molecular weight excluding hydrogens is 416 g/mol. The largest absolute Gasteiger partial charge is 0.344 e. The molecule has 0 radical (unpaired) electrons. The van der Waals surface area contributed by atoms with Crippen LogP contribution in [0.5, 0.6) is 0 Å². The Labute approximate surface area is 177 Å². The fraction of sp³-hybridized carbons (Fsp3) is 0.500. The average molecular weight is 447 g/mol. The lowest BCUT2D eigenvalue weighted by Crippen LogP contribution is -2.30. The van der Waals surface area contributed by atoms with E-state index >= 15 is 0 Å². The molecular formula is C22H31BrN4O. The van der Waals surface area contributed by atoms with Gasteiger partial charge in [-0.05, 0) is 45.6 Å². The van der Waals surface area contributed by atoms with Gasteiger partial charge in [-0.25, -0.2) is 0 Å². The van der Waals surface area contributed by atoms with Gasteiger partial charge in [0.15, 0.2) is 0 Å². The van der Waals surface area contributed by atoms with Crippen molar-refractivity contribution in [1.82, 2.24) is 14.8 Å². The van der Waals surface area contributed by atoms with Crippen molar-refractivity contribution >= 4 is 33.6 Å². The lowest BCUT2D eigenvalue weighted by molar-refractivity contribution is -0.121. The summed E-state index contributed by atoms with van der Waals surface area (Å²) >= 11 is 3.61. The maximum atomic E-state index is 11.7. The summed E-state index contributed by atoms with van der Waals surface area (Å²) < 4.78 is 1.08. The van der Waals surface area contributed by atoms with E-state index < -0.39 is 0 Å². The molecule has 0 spiro atoms. The minimum absolute atomic E-state index is 0.179. The topological polar surface area (TPSA) is 60.3 Å². The fourth-order valence-electron chi connectivity index (χ4n) is 3.36. The molecule has 6 heteroatoms. The molecule has 0 saturated heterocycles. The van der Waals surface area contributed by atoms with Crippen LogP contribution in [-0.4, -0.2) is 60.1 Å². The quantitative estimate of drug-likeness (QED) is 0.473. The van der Waals surface area contributed by atoms with Crippen LogP contribution in [0.1, 0.15) is 43.9 Å². The molecule has 0 aromatic carbocycles. The molecule has 1 aliphatic heterocycles. The number of aromatic nitrogens is 1. The SMILES string of the molecule is C/C(=C\c1c(Br)ccnc1C)CN1CC=C(CCCC(=N)C(=O)N(C)C)CC1. The maximum absolute atomic E-state index is 11.7. The van der Waals surface area contributed by atoms with Crippen LogP contribution in [0.25, 0.3) is 6.08 Å². The predicted molar refractivity (Wildman–Crippen MR) is 120 cm³/mol. The van der Waals surface area contributed by atoms with Gasteiger partial charge in [0.1, 0.15) is 0 Å². The van der Waals surface area contributed by atoms with Gasteiger partial charge in [-0.3, -0.25) is 20.1 Å². The molecule has 2 rings (SSSR count). The van der Waals surface area contributed by atoms with Crippen molar-refractivity contribution in [2.24, 2.45) is 0 Å². The molecule has 1 amide bonds. The second-order valence-corrected chi connectivity index (χ2v) is 8.52. The van der Waals surface area contributed by atoms with Gasteiger partial charge in [0.2, 0.25) is 0 Å². The summed E-state index contributed by atoms with van der Waals surface area (Å²) in [6.45, 7) is 7.17. The first-order valence-corrected chi connectivity index (χ1v) is 10.5. The van der Waals surface area contributed by atoms with Crippen LogP contribution < -0.4 is 0 Å². The molecule has 1 aromatic heterocycles. The number of nitrogens with one attached hydrogen (secondary N) is 1. The minimum Gasteiger partial charge on any atom is -0.344 e. The van der Waals surface area contributed by atoms with E-state index in [2.05, 4.69) is 44.9 Å². The van der Waals surface area contributed by atoms with Gasteiger partial charge in [0, 0.05) is 55.7 Å². The molecule has 1 aromatic rings. The Hall–Kier alpha value is -1.79. The summed E-state index contributed by atoms with van der Waals surface area (Å²) in [7, 11) is 3.39. The molecule has 0 aliphatic carbocycles. The molecule has 2 heterocycles. The summed E-state index contributed by atoms with van der Waals surface area (Å²) in [6.07, 6.45) is 9.83. The fourth-order valence-corrected chi connectivity index (χ4v) is 3.88. The first-order chi connectivity index (χ1) is 13.3. The number of halogens is 1. The summed E-state index contributed by atoms with van der Waals surface area (Å²) in [4.78, 5) is 20.0. The molecule has 28 heavy (non-hydrogen) atoms. The highest BCUT2D eigenvalue weighted by atomic mass is 79.9. The van der Waals surface area contributed by atoms with E-state index in [4.69, 9.17) is 5.41 Å². The Morgan fingerprint density at radius 2 is 2.18 bits per heavy atom. The Morgan fingerprint density at radius 1 is 1.43 bits per heavy atom. The van der Waals surface area contributed by atoms with Crippen molar-refractivity contribution in [2.75, 3.05) is 33.7 Å². The molecule has 0 unspecified atom stereocenters. The number of pyridine rings is 1. The predicted octanol–water partition coefficient (Wildman–Crippen LogP) is 4.47. The maximum Gasteiger partial charge on any atom is 0.266 e. The van der Waals surface area contributed by atoms with E-state index in [0.717, 1.165) is 54.6 Å². The van der Waals surface area contributed by atoms with E-state index in [9.17, 15) is 4.79 Å². The second-order valence-electron chi connectivity index (χ2n) is 7.66.